The molecule has 0 radical (unpaired) electrons. The minimum Gasteiger partial charge on any atom is -0.469 e. The van der Waals surface area contributed by atoms with Crippen molar-refractivity contribution in [1.82, 2.24) is 34.3 Å². The Labute approximate surface area is 218 Å². The van der Waals surface area contributed by atoms with Gasteiger partial charge in [0.15, 0.2) is 23.8 Å². The lowest BCUT2D eigenvalue weighted by Gasteiger charge is -2.08. The van der Waals surface area contributed by atoms with E-state index >= 15 is 0 Å². The Balaban J connectivity index is 1.37. The molecule has 8 nitrogen and oxygen atoms in total. The molecule has 200 valence electrons. The van der Waals surface area contributed by atoms with E-state index in [9.17, 15) is 26.3 Å². The molecule has 0 saturated carbocycles. The first kappa shape index (κ1) is 25.0. The Morgan fingerprint density at radius 2 is 1.62 bits per heavy atom. The van der Waals surface area contributed by atoms with E-state index in [4.69, 9.17) is 4.74 Å². The van der Waals surface area contributed by atoms with Gasteiger partial charge in [-0.05, 0) is 37.6 Å². The van der Waals surface area contributed by atoms with Crippen molar-refractivity contribution in [3.05, 3.63) is 71.1 Å². The zero-order chi connectivity index (χ0) is 27.7. The lowest BCUT2D eigenvalue weighted by molar-refractivity contribution is -0.142. The molecule has 0 fully saturated rings. The maximum Gasteiger partial charge on any atom is 0.435 e. The van der Waals surface area contributed by atoms with Crippen LogP contribution in [-0.4, -0.2) is 34.3 Å². The topological polar surface area (TPSA) is 83.0 Å². The van der Waals surface area contributed by atoms with Crippen LogP contribution in [0.3, 0.4) is 0 Å². The highest BCUT2D eigenvalue weighted by atomic mass is 32.1. The molecule has 0 aliphatic carbocycles. The first-order valence-corrected chi connectivity index (χ1v) is 12.1. The van der Waals surface area contributed by atoms with Gasteiger partial charge in [0.1, 0.15) is 21.6 Å². The zero-order valence-corrected chi connectivity index (χ0v) is 20.8. The number of fused-ring (bicyclic) bond motifs is 5. The van der Waals surface area contributed by atoms with E-state index in [1.54, 1.807) is 31.2 Å². The minimum absolute atomic E-state index is 0.118. The maximum atomic E-state index is 13.4. The number of aryl methyl sites for hydroxylation is 2. The van der Waals surface area contributed by atoms with E-state index < -0.39 is 23.7 Å². The largest absolute Gasteiger partial charge is 0.469 e. The molecule has 39 heavy (non-hydrogen) atoms. The van der Waals surface area contributed by atoms with Crippen molar-refractivity contribution in [2.45, 2.75) is 32.8 Å². The lowest BCUT2D eigenvalue weighted by atomic mass is 10.1. The smallest absolute Gasteiger partial charge is 0.435 e. The Morgan fingerprint density at radius 3 is 2.31 bits per heavy atom. The number of halogens is 6. The van der Waals surface area contributed by atoms with E-state index in [1.165, 1.54) is 10.8 Å². The molecule has 5 aromatic heterocycles. The fourth-order valence-corrected chi connectivity index (χ4v) is 5.25. The number of aromatic nitrogens is 7. The second-order valence-electron chi connectivity index (χ2n) is 8.72. The van der Waals surface area contributed by atoms with Crippen molar-refractivity contribution in [1.29, 1.82) is 0 Å². The van der Waals surface area contributed by atoms with Crippen molar-refractivity contribution in [3.8, 4) is 11.6 Å². The summed E-state index contributed by atoms with van der Waals surface area (Å²) < 4.78 is 88.5. The van der Waals surface area contributed by atoms with E-state index in [1.807, 2.05) is 6.92 Å². The van der Waals surface area contributed by atoms with Crippen molar-refractivity contribution < 1.29 is 31.1 Å². The Morgan fingerprint density at radius 1 is 0.897 bits per heavy atom. The van der Waals surface area contributed by atoms with Crippen LogP contribution >= 0.6 is 11.3 Å². The maximum absolute atomic E-state index is 13.4. The predicted octanol–water partition coefficient (Wildman–Crippen LogP) is 6.31. The number of rotatable bonds is 4. The van der Waals surface area contributed by atoms with Crippen molar-refractivity contribution >= 4 is 37.4 Å². The number of hydrogen-bond acceptors (Lipinski definition) is 7. The highest BCUT2D eigenvalue weighted by Crippen LogP contribution is 2.38. The first-order chi connectivity index (χ1) is 18.4. The number of nitrogens with zero attached hydrogens (tertiary/aromatic N) is 7. The third kappa shape index (κ3) is 4.41. The summed E-state index contributed by atoms with van der Waals surface area (Å²) in [4.78, 5) is 12.7. The zero-order valence-electron chi connectivity index (χ0n) is 20.0. The summed E-state index contributed by atoms with van der Waals surface area (Å²) in [6.07, 6.45) is -7.93. The van der Waals surface area contributed by atoms with Gasteiger partial charge in [-0.25, -0.2) is 24.1 Å². The van der Waals surface area contributed by atoms with Gasteiger partial charge in [-0.3, -0.25) is 0 Å². The van der Waals surface area contributed by atoms with Gasteiger partial charge < -0.3 is 4.74 Å². The second-order valence-corrected chi connectivity index (χ2v) is 9.72. The number of ether oxygens (including phenoxy) is 1. The molecule has 0 atom stereocenters. The third-order valence-electron chi connectivity index (χ3n) is 5.89. The fourth-order valence-electron chi connectivity index (χ4n) is 4.08. The number of pyridine rings is 1. The molecule has 0 spiro atoms. The number of benzene rings is 1. The number of alkyl halides is 6. The number of thiophene rings is 1. The molecule has 15 heteroatoms. The lowest BCUT2D eigenvalue weighted by Crippen LogP contribution is -2.08. The van der Waals surface area contributed by atoms with Crippen LogP contribution in [0.5, 0.6) is 5.88 Å². The van der Waals surface area contributed by atoms with Gasteiger partial charge in [-0.1, -0.05) is 17.7 Å². The van der Waals surface area contributed by atoms with Crippen molar-refractivity contribution in [2.24, 2.45) is 0 Å². The number of hydrogen-bond donors (Lipinski definition) is 0. The quantitative estimate of drug-likeness (QED) is 0.234. The van der Waals surface area contributed by atoms with Gasteiger partial charge in [0.2, 0.25) is 5.88 Å². The Hall–Kier alpha value is -4.27. The second kappa shape index (κ2) is 8.62. The Bertz CT molecular complexity index is 1870. The molecule has 0 bridgehead atoms. The van der Waals surface area contributed by atoms with Gasteiger partial charge in [0.25, 0.3) is 0 Å². The van der Waals surface area contributed by atoms with Crippen LogP contribution in [-0.2, 0) is 19.0 Å². The molecule has 0 aliphatic heterocycles. The van der Waals surface area contributed by atoms with Crippen LogP contribution in [0.4, 0.5) is 26.3 Å². The molecule has 0 saturated heterocycles. The molecule has 0 aliphatic rings. The van der Waals surface area contributed by atoms with Crippen molar-refractivity contribution in [2.75, 3.05) is 0 Å². The van der Waals surface area contributed by atoms with Crippen LogP contribution in [0.2, 0.25) is 0 Å². The Kier molecular flexibility index (Phi) is 5.54. The summed E-state index contributed by atoms with van der Waals surface area (Å²) in [5.74, 6) is -0.0534. The van der Waals surface area contributed by atoms with Crippen LogP contribution in [0.15, 0.2) is 42.7 Å². The van der Waals surface area contributed by atoms with Crippen molar-refractivity contribution in [3.63, 3.8) is 0 Å². The van der Waals surface area contributed by atoms with Gasteiger partial charge in [0, 0.05) is 11.5 Å². The molecule has 1 aromatic carbocycles. The molecule has 0 N–H and O–H groups in total. The molecule has 0 amide bonds. The van der Waals surface area contributed by atoms with Crippen LogP contribution < -0.4 is 4.74 Å². The van der Waals surface area contributed by atoms with Gasteiger partial charge in [0.05, 0.1) is 11.2 Å². The standard InChI is InChI=1S/C24H15F6N7OS/c1-11-3-5-13(6-4-11)37-17(8-15(34-37)24(28,29)30)38-9-16-33-21-20-19(31-10-36(21)35-16)18-12(2)7-14(23(25,26)27)32-22(18)39-20/h3-8,10H,9H2,1-2H3. The SMILES string of the molecule is Cc1ccc(-n2nc(C(F)(F)F)cc2OCc2nc3c4sc5nc(C(F)(F)F)cc(C)c5c4ncn3n2)cc1. The molecule has 6 rings (SSSR count). The highest BCUT2D eigenvalue weighted by molar-refractivity contribution is 7.26. The average Bonchev–Trinajstić information content (AvgIpc) is 3.56. The fraction of sp³-hybridized carbons (Fsp3) is 0.208. The monoisotopic (exact) mass is 563 g/mol. The summed E-state index contributed by atoms with van der Waals surface area (Å²) in [7, 11) is 0. The molecular weight excluding hydrogens is 548 g/mol. The summed E-state index contributed by atoms with van der Waals surface area (Å²) >= 11 is 0.993. The summed E-state index contributed by atoms with van der Waals surface area (Å²) in [5, 5.41) is 8.41. The van der Waals surface area contributed by atoms with E-state index in [0.29, 0.717) is 32.5 Å². The molecule has 5 heterocycles. The normalized spacial score (nSPS) is 12.7. The summed E-state index contributed by atoms with van der Waals surface area (Å²) in [6, 6.07) is 8.44. The average molecular weight is 563 g/mol. The van der Waals surface area contributed by atoms with E-state index in [-0.39, 0.29) is 23.1 Å². The minimum atomic E-state index is -4.69. The van der Waals surface area contributed by atoms with Crippen LogP contribution in [0, 0.1) is 13.8 Å². The van der Waals surface area contributed by atoms with Crippen LogP contribution in [0.1, 0.15) is 28.3 Å². The van der Waals surface area contributed by atoms with E-state index in [2.05, 4.69) is 25.1 Å². The van der Waals surface area contributed by atoms with E-state index in [0.717, 1.165) is 33.7 Å². The van der Waals surface area contributed by atoms with Gasteiger partial charge in [-0.15, -0.1) is 16.4 Å². The molecule has 6 aromatic rings. The summed E-state index contributed by atoms with van der Waals surface area (Å²) in [6.45, 7) is 3.08. The van der Waals surface area contributed by atoms with Crippen LogP contribution in [0.25, 0.3) is 31.8 Å². The molecular formula is C24H15F6N7OS. The predicted molar refractivity (Wildman–Crippen MR) is 129 cm³/mol. The summed E-state index contributed by atoms with van der Waals surface area (Å²) in [5.41, 5.74) is 0.243. The van der Waals surface area contributed by atoms with Gasteiger partial charge in [-0.2, -0.15) is 31.4 Å². The molecule has 0 unspecified atom stereocenters. The first-order valence-electron chi connectivity index (χ1n) is 11.3. The van der Waals surface area contributed by atoms with Gasteiger partial charge >= 0.3 is 12.4 Å². The highest BCUT2D eigenvalue weighted by Gasteiger charge is 2.36. The third-order valence-corrected chi connectivity index (χ3v) is 6.96.